The van der Waals surface area contributed by atoms with Gasteiger partial charge < -0.3 is 5.11 Å². The fraction of sp³-hybridized carbons (Fsp3) is 1.00. The van der Waals surface area contributed by atoms with Gasteiger partial charge in [0.2, 0.25) is 0 Å². The lowest BCUT2D eigenvalue weighted by Gasteiger charge is -2.01. The van der Waals surface area contributed by atoms with Crippen molar-refractivity contribution < 1.29 is 10.0 Å². The van der Waals surface area contributed by atoms with Crippen molar-refractivity contribution in [2.75, 3.05) is 0 Å². The number of rotatable bonds is 7. The van der Waals surface area contributed by atoms with E-state index in [1.54, 1.807) is 0 Å². The van der Waals surface area contributed by atoms with Crippen molar-refractivity contribution in [3.05, 3.63) is 10.1 Å². The van der Waals surface area contributed by atoms with E-state index in [4.69, 9.17) is 5.11 Å². The van der Waals surface area contributed by atoms with Gasteiger partial charge in [-0.1, -0.05) is 32.6 Å². The van der Waals surface area contributed by atoms with Gasteiger partial charge in [-0.2, -0.15) is 0 Å². The molecule has 0 rings (SSSR count). The van der Waals surface area contributed by atoms with Crippen LogP contribution in [0.1, 0.15) is 45.4 Å². The van der Waals surface area contributed by atoms with Crippen LogP contribution >= 0.6 is 0 Å². The molecular formula is C8H17NO3. The van der Waals surface area contributed by atoms with E-state index in [1.807, 2.05) is 0 Å². The standard InChI is InChI=1S/C8H17NO3/c1-2-3-4-5-6-7-8(10)9(11)12/h8,10H,2-7H2,1H3. The Bertz CT molecular complexity index is 127. The Morgan fingerprint density at radius 3 is 2.42 bits per heavy atom. The number of hydrogen-bond acceptors (Lipinski definition) is 3. The van der Waals surface area contributed by atoms with Gasteiger partial charge in [0, 0.05) is 6.42 Å². The van der Waals surface area contributed by atoms with E-state index in [9.17, 15) is 10.1 Å². The highest BCUT2D eigenvalue weighted by Gasteiger charge is 2.13. The van der Waals surface area contributed by atoms with Crippen LogP contribution in [0.5, 0.6) is 0 Å². The van der Waals surface area contributed by atoms with E-state index in [0.717, 1.165) is 25.7 Å². The van der Waals surface area contributed by atoms with Crippen LogP contribution in [0.2, 0.25) is 0 Å². The van der Waals surface area contributed by atoms with E-state index in [-0.39, 0.29) is 6.42 Å². The molecule has 1 unspecified atom stereocenters. The molecular weight excluding hydrogens is 158 g/mol. The highest BCUT2D eigenvalue weighted by atomic mass is 16.7. The zero-order chi connectivity index (χ0) is 9.40. The summed E-state index contributed by atoms with van der Waals surface area (Å²) in [5, 5.41) is 18.8. The lowest BCUT2D eigenvalue weighted by molar-refractivity contribution is -0.571. The minimum absolute atomic E-state index is 0.288. The number of nitrogens with zero attached hydrogens (tertiary/aromatic N) is 1. The van der Waals surface area contributed by atoms with E-state index < -0.39 is 11.2 Å². The third-order valence-electron chi connectivity index (χ3n) is 1.81. The van der Waals surface area contributed by atoms with E-state index >= 15 is 0 Å². The number of unbranched alkanes of at least 4 members (excludes halogenated alkanes) is 4. The average molecular weight is 175 g/mol. The molecule has 1 atom stereocenters. The zero-order valence-electron chi connectivity index (χ0n) is 7.53. The Hall–Kier alpha value is -0.640. The molecule has 0 amide bonds. The summed E-state index contributed by atoms with van der Waals surface area (Å²) in [7, 11) is 0. The minimum atomic E-state index is -1.35. The summed E-state index contributed by atoms with van der Waals surface area (Å²) in [6.07, 6.45) is 4.12. The van der Waals surface area contributed by atoms with Crippen molar-refractivity contribution in [2.24, 2.45) is 0 Å². The Morgan fingerprint density at radius 1 is 1.33 bits per heavy atom. The fourth-order valence-electron chi connectivity index (χ4n) is 1.04. The second-order valence-corrected chi connectivity index (χ2v) is 2.97. The third-order valence-corrected chi connectivity index (χ3v) is 1.81. The molecule has 0 aliphatic heterocycles. The quantitative estimate of drug-likeness (QED) is 0.278. The molecule has 0 aromatic heterocycles. The molecule has 0 aromatic rings. The summed E-state index contributed by atoms with van der Waals surface area (Å²) >= 11 is 0. The van der Waals surface area contributed by atoms with Gasteiger partial charge >= 0.3 is 6.23 Å². The van der Waals surface area contributed by atoms with E-state index in [1.165, 1.54) is 6.42 Å². The smallest absolute Gasteiger partial charge is 0.312 e. The first-order valence-electron chi connectivity index (χ1n) is 4.50. The van der Waals surface area contributed by atoms with E-state index in [2.05, 4.69) is 6.92 Å². The molecule has 4 nitrogen and oxygen atoms in total. The van der Waals surface area contributed by atoms with Crippen LogP contribution in [0.4, 0.5) is 0 Å². The second kappa shape index (κ2) is 7.03. The molecule has 0 saturated heterocycles. The Morgan fingerprint density at radius 2 is 1.92 bits per heavy atom. The van der Waals surface area contributed by atoms with Crippen molar-refractivity contribution in [3.63, 3.8) is 0 Å². The summed E-state index contributed by atoms with van der Waals surface area (Å²) in [5.74, 6) is 0. The Balaban J connectivity index is 3.14. The normalized spacial score (nSPS) is 12.8. The third kappa shape index (κ3) is 6.09. The van der Waals surface area contributed by atoms with Crippen LogP contribution in [0, 0.1) is 10.1 Å². The van der Waals surface area contributed by atoms with Crippen LogP contribution < -0.4 is 0 Å². The molecule has 4 heteroatoms. The highest BCUT2D eigenvalue weighted by Crippen LogP contribution is 2.07. The molecule has 0 radical (unpaired) electrons. The number of hydrogen-bond donors (Lipinski definition) is 1. The first-order chi connectivity index (χ1) is 5.68. The summed E-state index contributed by atoms with van der Waals surface area (Å²) in [4.78, 5) is 9.34. The highest BCUT2D eigenvalue weighted by molar-refractivity contribution is 4.45. The van der Waals surface area contributed by atoms with E-state index in [0.29, 0.717) is 0 Å². The maximum Gasteiger partial charge on any atom is 0.312 e. The second-order valence-electron chi connectivity index (χ2n) is 2.97. The first-order valence-corrected chi connectivity index (χ1v) is 4.50. The number of aliphatic hydroxyl groups excluding tert-OH is 1. The maximum atomic E-state index is 9.97. The van der Waals surface area contributed by atoms with Gasteiger partial charge in [-0.05, 0) is 6.42 Å². The van der Waals surface area contributed by atoms with Crippen LogP contribution in [0.15, 0.2) is 0 Å². The van der Waals surface area contributed by atoms with Crippen molar-refractivity contribution >= 4 is 0 Å². The van der Waals surface area contributed by atoms with Crippen LogP contribution in [0.3, 0.4) is 0 Å². The van der Waals surface area contributed by atoms with Gasteiger partial charge in [-0.3, -0.25) is 10.1 Å². The lowest BCUT2D eigenvalue weighted by Crippen LogP contribution is -2.17. The SMILES string of the molecule is CCCCCCCC(O)[N+](=O)[O-]. The molecule has 0 spiro atoms. The largest absolute Gasteiger partial charge is 0.333 e. The van der Waals surface area contributed by atoms with Gasteiger partial charge in [-0.15, -0.1) is 0 Å². The topological polar surface area (TPSA) is 63.4 Å². The Kier molecular flexibility index (Phi) is 6.66. The average Bonchev–Trinajstić information content (AvgIpc) is 2.03. The minimum Gasteiger partial charge on any atom is -0.333 e. The van der Waals surface area contributed by atoms with Gasteiger partial charge in [-0.25, -0.2) is 0 Å². The summed E-state index contributed by atoms with van der Waals surface area (Å²) in [6, 6.07) is 0. The molecule has 0 bridgehead atoms. The molecule has 0 fully saturated rings. The predicted octanol–water partition coefficient (Wildman–Crippen LogP) is 1.94. The van der Waals surface area contributed by atoms with Gasteiger partial charge in [0.15, 0.2) is 0 Å². The van der Waals surface area contributed by atoms with Gasteiger partial charge in [0.1, 0.15) is 0 Å². The molecule has 1 N–H and O–H groups in total. The molecule has 0 aliphatic carbocycles. The monoisotopic (exact) mass is 175 g/mol. The predicted molar refractivity (Wildman–Crippen MR) is 46.4 cm³/mol. The Labute approximate surface area is 72.7 Å². The van der Waals surface area contributed by atoms with Gasteiger partial charge in [0.05, 0.1) is 4.92 Å². The number of aliphatic hydroxyl groups is 1. The van der Waals surface area contributed by atoms with Crippen molar-refractivity contribution in [3.8, 4) is 0 Å². The molecule has 0 aliphatic rings. The van der Waals surface area contributed by atoms with Crippen molar-refractivity contribution in [1.82, 2.24) is 0 Å². The van der Waals surface area contributed by atoms with Crippen molar-refractivity contribution in [2.45, 2.75) is 51.7 Å². The molecule has 0 heterocycles. The summed E-state index contributed by atoms with van der Waals surface area (Å²) in [6.45, 7) is 2.12. The maximum absolute atomic E-state index is 9.97. The zero-order valence-corrected chi connectivity index (χ0v) is 7.53. The molecule has 0 aromatic carbocycles. The van der Waals surface area contributed by atoms with Crippen LogP contribution in [-0.4, -0.2) is 16.3 Å². The lowest BCUT2D eigenvalue weighted by atomic mass is 10.1. The number of nitro groups is 1. The summed E-state index contributed by atoms with van der Waals surface area (Å²) < 4.78 is 0. The van der Waals surface area contributed by atoms with Gasteiger partial charge in [0.25, 0.3) is 0 Å². The van der Waals surface area contributed by atoms with Crippen LogP contribution in [-0.2, 0) is 0 Å². The molecule has 72 valence electrons. The first kappa shape index (κ1) is 11.4. The molecule has 12 heavy (non-hydrogen) atoms. The summed E-state index contributed by atoms with van der Waals surface area (Å²) in [5.41, 5.74) is 0. The van der Waals surface area contributed by atoms with Crippen molar-refractivity contribution in [1.29, 1.82) is 0 Å². The van der Waals surface area contributed by atoms with Crippen LogP contribution in [0.25, 0.3) is 0 Å². The fourth-order valence-corrected chi connectivity index (χ4v) is 1.04. The molecule has 0 saturated carbocycles.